The van der Waals surface area contributed by atoms with Gasteiger partial charge in [0.05, 0.1) is 0 Å². The molecule has 0 spiro atoms. The van der Waals surface area contributed by atoms with Gasteiger partial charge >= 0.3 is 0 Å². The second-order valence-corrected chi connectivity index (χ2v) is 2.82. The van der Waals surface area contributed by atoms with Crippen LogP contribution in [-0.2, 0) is 9.47 Å². The second kappa shape index (κ2) is 3.18. The number of rotatable bonds is 2. The molecule has 1 unspecified atom stereocenters. The third-order valence-corrected chi connectivity index (χ3v) is 2.00. The first-order valence-electron chi connectivity index (χ1n) is 4.29. The molecule has 0 radical (unpaired) electrons. The van der Waals surface area contributed by atoms with E-state index in [-0.39, 0.29) is 12.2 Å². The van der Waals surface area contributed by atoms with Crippen LogP contribution < -0.4 is 0 Å². The van der Waals surface area contributed by atoms with Crippen molar-refractivity contribution in [3.63, 3.8) is 0 Å². The lowest BCUT2D eigenvalue weighted by molar-refractivity contribution is -0.0792. The van der Waals surface area contributed by atoms with Crippen LogP contribution in [0.25, 0.3) is 0 Å². The fraction of sp³-hybridized carbons (Fsp3) is 0.300. The van der Waals surface area contributed by atoms with Gasteiger partial charge in [-0.15, -0.1) is 0 Å². The summed E-state index contributed by atoms with van der Waals surface area (Å²) in [6.45, 7) is 2.50. The van der Waals surface area contributed by atoms with Gasteiger partial charge < -0.3 is 9.47 Å². The van der Waals surface area contributed by atoms with Gasteiger partial charge in [0.15, 0.2) is 0 Å². The van der Waals surface area contributed by atoms with E-state index in [4.69, 9.17) is 14.9 Å². The monoisotopic (exact) mass is 177 g/mol. The smallest absolute Gasteiger partial charge is 0.229 e. The van der Waals surface area contributed by atoms with Crippen LogP contribution in [0, 0.1) is 5.41 Å². The maximum absolute atomic E-state index is 7.54. The van der Waals surface area contributed by atoms with Crippen LogP contribution in [0.15, 0.2) is 24.3 Å². The predicted octanol–water partition coefficient (Wildman–Crippen LogP) is 2.08. The lowest BCUT2D eigenvalue weighted by Gasteiger charge is -2.09. The average Bonchev–Trinajstić information content (AvgIpc) is 2.46. The number of nitrogens with one attached hydrogen (secondary N) is 1. The van der Waals surface area contributed by atoms with E-state index in [1.807, 2.05) is 31.2 Å². The summed E-state index contributed by atoms with van der Waals surface area (Å²) in [5.41, 5.74) is 1.79. The Balaban J connectivity index is 2.36. The Kier molecular flexibility index (Phi) is 2.02. The van der Waals surface area contributed by atoms with Crippen LogP contribution in [0.3, 0.4) is 0 Å². The van der Waals surface area contributed by atoms with Gasteiger partial charge in [-0.1, -0.05) is 18.2 Å². The molecule has 3 nitrogen and oxygen atoms in total. The first-order valence-corrected chi connectivity index (χ1v) is 4.29. The molecule has 0 aliphatic carbocycles. The summed E-state index contributed by atoms with van der Waals surface area (Å²) in [6.07, 6.45) is -0.381. The maximum Gasteiger partial charge on any atom is 0.229 e. The van der Waals surface area contributed by atoms with Crippen molar-refractivity contribution in [2.24, 2.45) is 0 Å². The van der Waals surface area contributed by atoms with E-state index in [0.29, 0.717) is 6.61 Å². The molecule has 1 atom stereocenters. The molecule has 0 saturated carbocycles. The number of benzene rings is 1. The van der Waals surface area contributed by atoms with E-state index < -0.39 is 0 Å². The summed E-state index contributed by atoms with van der Waals surface area (Å²) >= 11 is 0. The molecule has 0 aromatic heterocycles. The normalized spacial score (nSPS) is 19.8. The molecule has 2 rings (SSSR count). The predicted molar refractivity (Wildman–Crippen MR) is 48.7 cm³/mol. The van der Waals surface area contributed by atoms with Gasteiger partial charge in [0.2, 0.25) is 12.2 Å². The van der Waals surface area contributed by atoms with Gasteiger partial charge in [0, 0.05) is 17.7 Å². The van der Waals surface area contributed by atoms with E-state index in [1.54, 1.807) is 0 Å². The number of hydrogen-bond acceptors (Lipinski definition) is 3. The van der Waals surface area contributed by atoms with Crippen molar-refractivity contribution in [2.75, 3.05) is 6.61 Å². The molecule has 1 N–H and O–H groups in total. The van der Waals surface area contributed by atoms with Crippen LogP contribution in [0.5, 0.6) is 0 Å². The van der Waals surface area contributed by atoms with Crippen LogP contribution >= 0.6 is 0 Å². The molecule has 0 amide bonds. The molecule has 0 bridgehead atoms. The number of ether oxygens (including phenoxy) is 2. The average molecular weight is 177 g/mol. The van der Waals surface area contributed by atoms with E-state index in [1.165, 1.54) is 0 Å². The summed E-state index contributed by atoms with van der Waals surface area (Å²) in [4.78, 5) is 0. The van der Waals surface area contributed by atoms with Crippen LogP contribution in [0.4, 0.5) is 0 Å². The molecule has 68 valence electrons. The molecule has 0 saturated heterocycles. The number of fused-ring (bicyclic) bond motifs is 1. The summed E-state index contributed by atoms with van der Waals surface area (Å²) in [5.74, 6) is 0.203. The van der Waals surface area contributed by atoms with E-state index in [9.17, 15) is 0 Å². The summed E-state index contributed by atoms with van der Waals surface area (Å²) < 4.78 is 10.6. The van der Waals surface area contributed by atoms with Crippen molar-refractivity contribution in [1.29, 1.82) is 5.41 Å². The zero-order valence-electron chi connectivity index (χ0n) is 7.41. The maximum atomic E-state index is 7.54. The molecule has 1 aromatic carbocycles. The van der Waals surface area contributed by atoms with Gasteiger partial charge in [-0.25, -0.2) is 0 Å². The van der Waals surface area contributed by atoms with Gasteiger partial charge in [0.1, 0.15) is 0 Å². The molecule has 1 aromatic rings. The third-order valence-electron chi connectivity index (χ3n) is 2.00. The quantitative estimate of drug-likeness (QED) is 0.751. The summed E-state index contributed by atoms with van der Waals surface area (Å²) in [7, 11) is 0. The lowest BCUT2D eigenvalue weighted by atomic mass is 10.1. The highest BCUT2D eigenvalue weighted by molar-refractivity contribution is 5.95. The Hall–Kier alpha value is -1.35. The fourth-order valence-corrected chi connectivity index (χ4v) is 1.42. The lowest BCUT2D eigenvalue weighted by Crippen LogP contribution is -2.03. The van der Waals surface area contributed by atoms with Gasteiger partial charge in [-0.2, -0.15) is 0 Å². The molecular formula is C10H11NO2. The Bertz CT molecular complexity index is 335. The SMILES string of the molecule is CCOC1OC(=N)c2ccccc21. The molecule has 1 aliphatic heterocycles. The minimum absolute atomic E-state index is 0.203. The van der Waals surface area contributed by atoms with E-state index >= 15 is 0 Å². The van der Waals surface area contributed by atoms with Gasteiger partial charge in [0.25, 0.3) is 0 Å². The van der Waals surface area contributed by atoms with Crippen molar-refractivity contribution < 1.29 is 9.47 Å². The highest BCUT2D eigenvalue weighted by Crippen LogP contribution is 2.30. The molecular weight excluding hydrogens is 166 g/mol. The molecule has 3 heteroatoms. The summed E-state index contributed by atoms with van der Waals surface area (Å²) in [5, 5.41) is 7.54. The Morgan fingerprint density at radius 2 is 2.23 bits per heavy atom. The minimum Gasteiger partial charge on any atom is -0.443 e. The van der Waals surface area contributed by atoms with Gasteiger partial charge in [-0.3, -0.25) is 5.41 Å². The minimum atomic E-state index is -0.381. The van der Waals surface area contributed by atoms with Crippen molar-refractivity contribution in [2.45, 2.75) is 13.2 Å². The summed E-state index contributed by atoms with van der Waals surface area (Å²) in [6, 6.07) is 7.62. The topological polar surface area (TPSA) is 42.3 Å². The third kappa shape index (κ3) is 1.31. The van der Waals surface area contributed by atoms with Crippen molar-refractivity contribution in [3.8, 4) is 0 Å². The molecule has 0 fully saturated rings. The Morgan fingerprint density at radius 1 is 1.46 bits per heavy atom. The number of hydrogen-bond donors (Lipinski definition) is 1. The molecule has 13 heavy (non-hydrogen) atoms. The van der Waals surface area contributed by atoms with Crippen LogP contribution in [0.1, 0.15) is 24.3 Å². The van der Waals surface area contributed by atoms with Crippen molar-refractivity contribution in [3.05, 3.63) is 35.4 Å². The zero-order chi connectivity index (χ0) is 9.26. The van der Waals surface area contributed by atoms with E-state index in [2.05, 4.69) is 0 Å². The highest BCUT2D eigenvalue weighted by atomic mass is 16.7. The molecule has 1 aliphatic rings. The second-order valence-electron chi connectivity index (χ2n) is 2.82. The van der Waals surface area contributed by atoms with Crippen LogP contribution in [-0.4, -0.2) is 12.5 Å². The fourth-order valence-electron chi connectivity index (χ4n) is 1.42. The highest BCUT2D eigenvalue weighted by Gasteiger charge is 2.27. The first-order chi connectivity index (χ1) is 6.33. The Morgan fingerprint density at radius 3 is 3.00 bits per heavy atom. The standard InChI is InChI=1S/C10H11NO2/c1-2-12-10-8-6-4-3-5-7(8)9(11)13-10/h3-6,10-11H,2H2,1H3. The van der Waals surface area contributed by atoms with Gasteiger partial charge in [-0.05, 0) is 13.0 Å². The zero-order valence-corrected chi connectivity index (χ0v) is 7.41. The van der Waals surface area contributed by atoms with Crippen molar-refractivity contribution >= 4 is 5.90 Å². The largest absolute Gasteiger partial charge is 0.443 e. The van der Waals surface area contributed by atoms with E-state index in [0.717, 1.165) is 11.1 Å². The Labute approximate surface area is 76.8 Å². The molecule has 1 heterocycles. The van der Waals surface area contributed by atoms with Crippen LogP contribution in [0.2, 0.25) is 0 Å². The van der Waals surface area contributed by atoms with Crippen molar-refractivity contribution in [1.82, 2.24) is 0 Å². The first kappa shape index (κ1) is 8.26.